The van der Waals surface area contributed by atoms with E-state index in [1.165, 1.54) is 0 Å². The molecule has 0 saturated heterocycles. The van der Waals surface area contributed by atoms with Gasteiger partial charge in [0.2, 0.25) is 0 Å². The maximum atomic E-state index is 13.4. The molecule has 0 bridgehead atoms. The smallest absolute Gasteiger partial charge is 0.252 e. The van der Waals surface area contributed by atoms with Gasteiger partial charge in [0, 0.05) is 11.6 Å². The van der Waals surface area contributed by atoms with Crippen LogP contribution >= 0.6 is 0 Å². The molecule has 0 saturated carbocycles. The molecule has 5 nitrogen and oxygen atoms in total. The lowest BCUT2D eigenvalue weighted by Gasteiger charge is -2.31. The molecule has 0 aromatic carbocycles. The highest BCUT2D eigenvalue weighted by Gasteiger charge is 2.23. The Balaban J connectivity index is 2.85. The van der Waals surface area contributed by atoms with Gasteiger partial charge in [-0.3, -0.25) is 0 Å². The van der Waals surface area contributed by atoms with Gasteiger partial charge in [0.15, 0.2) is 17.5 Å². The molecule has 0 fully saturated rings. The number of likely N-dealkylation sites (N-methyl/N-ethyl adjacent to an activating group) is 1. The molecule has 0 aliphatic carbocycles. The van der Waals surface area contributed by atoms with Gasteiger partial charge in [-0.1, -0.05) is 0 Å². The molecule has 0 unspecified atom stereocenters. The van der Waals surface area contributed by atoms with E-state index in [1.54, 1.807) is 0 Å². The van der Waals surface area contributed by atoms with Gasteiger partial charge < -0.3 is 15.1 Å². The second kappa shape index (κ2) is 5.45. The lowest BCUT2D eigenvalue weighted by atomic mass is 10.1. The second-order valence-electron chi connectivity index (χ2n) is 4.75. The quantitative estimate of drug-likeness (QED) is 0.618. The van der Waals surface area contributed by atoms with Crippen molar-refractivity contribution in [1.29, 1.82) is 0 Å². The van der Waals surface area contributed by atoms with Crippen LogP contribution in [0, 0.1) is 11.6 Å². The molecule has 1 aromatic rings. The van der Waals surface area contributed by atoms with Crippen molar-refractivity contribution < 1.29 is 13.5 Å². The Labute approximate surface area is 105 Å². The van der Waals surface area contributed by atoms with E-state index in [1.807, 2.05) is 38.3 Å². The molecule has 0 radical (unpaired) electrons. The van der Waals surface area contributed by atoms with Crippen molar-refractivity contribution in [3.63, 3.8) is 0 Å². The van der Waals surface area contributed by atoms with E-state index in [4.69, 9.17) is 10.6 Å². The van der Waals surface area contributed by atoms with Crippen molar-refractivity contribution >= 4 is 5.82 Å². The first kappa shape index (κ1) is 14.6. The number of anilines is 1. The lowest BCUT2D eigenvalue weighted by Crippen LogP contribution is -2.43. The summed E-state index contributed by atoms with van der Waals surface area (Å²) in [7, 11) is 3.76. The van der Waals surface area contributed by atoms with Crippen LogP contribution in [0.5, 0.6) is 5.88 Å². The average Bonchev–Trinajstić information content (AvgIpc) is 2.27. The molecule has 102 valence electrons. The predicted octanol–water partition coefficient (Wildman–Crippen LogP) is 1.36. The highest BCUT2D eigenvalue weighted by Crippen LogP contribution is 2.21. The number of ether oxygens (including phenoxy) is 1. The van der Waals surface area contributed by atoms with Gasteiger partial charge in [-0.25, -0.2) is 14.6 Å². The van der Waals surface area contributed by atoms with Crippen molar-refractivity contribution in [1.82, 2.24) is 9.88 Å². The molecule has 0 atom stereocenters. The van der Waals surface area contributed by atoms with Gasteiger partial charge >= 0.3 is 0 Å². The molecule has 0 aliphatic heterocycles. The lowest BCUT2D eigenvalue weighted by molar-refractivity contribution is 0.108. The van der Waals surface area contributed by atoms with Crippen LogP contribution in [0.1, 0.15) is 13.8 Å². The van der Waals surface area contributed by atoms with E-state index in [-0.39, 0.29) is 23.8 Å². The van der Waals surface area contributed by atoms with Crippen molar-refractivity contribution in [2.24, 2.45) is 5.84 Å². The van der Waals surface area contributed by atoms with Gasteiger partial charge in [-0.2, -0.15) is 4.98 Å². The third-order valence-electron chi connectivity index (χ3n) is 2.81. The number of nitrogens with zero attached hydrogens (tertiary/aromatic N) is 2. The molecule has 0 aliphatic rings. The minimum Gasteiger partial charge on any atom is -0.474 e. The molecule has 18 heavy (non-hydrogen) atoms. The van der Waals surface area contributed by atoms with Crippen molar-refractivity contribution in [2.45, 2.75) is 19.4 Å². The van der Waals surface area contributed by atoms with E-state index in [0.717, 1.165) is 0 Å². The van der Waals surface area contributed by atoms with Gasteiger partial charge in [0.25, 0.3) is 5.88 Å². The summed E-state index contributed by atoms with van der Waals surface area (Å²) in [5, 5.41) is 0. The van der Waals surface area contributed by atoms with Crippen LogP contribution in [0.4, 0.5) is 14.6 Å². The minimum absolute atomic E-state index is 0.208. The Bertz CT molecular complexity index is 424. The summed E-state index contributed by atoms with van der Waals surface area (Å²) in [4.78, 5) is 5.55. The van der Waals surface area contributed by atoms with Crippen LogP contribution < -0.4 is 16.0 Å². The number of halogens is 2. The number of hydrazine groups is 1. The summed E-state index contributed by atoms with van der Waals surface area (Å²) in [6, 6.07) is 0.681. The molecular weight excluding hydrogens is 242 g/mol. The number of hydrogen-bond donors (Lipinski definition) is 2. The highest BCUT2D eigenvalue weighted by atomic mass is 19.1. The normalized spacial score (nSPS) is 11.8. The summed E-state index contributed by atoms with van der Waals surface area (Å²) in [6.07, 6.45) is 0. The first-order valence-corrected chi connectivity index (χ1v) is 5.41. The van der Waals surface area contributed by atoms with E-state index < -0.39 is 11.6 Å². The fraction of sp³-hybridized carbons (Fsp3) is 0.545. The summed E-state index contributed by atoms with van der Waals surface area (Å²) < 4.78 is 31.8. The zero-order valence-corrected chi connectivity index (χ0v) is 10.9. The van der Waals surface area contributed by atoms with Crippen LogP contribution in [-0.4, -0.2) is 36.1 Å². The summed E-state index contributed by atoms with van der Waals surface area (Å²) in [6.45, 7) is 4.06. The fourth-order valence-electron chi connectivity index (χ4n) is 1.03. The van der Waals surface area contributed by atoms with Gasteiger partial charge in [-0.15, -0.1) is 0 Å². The summed E-state index contributed by atoms with van der Waals surface area (Å²) in [5.74, 6) is 2.80. The number of rotatable bonds is 5. The van der Waals surface area contributed by atoms with Crippen LogP contribution in [0.2, 0.25) is 0 Å². The van der Waals surface area contributed by atoms with Crippen molar-refractivity contribution in [2.75, 3.05) is 26.1 Å². The van der Waals surface area contributed by atoms with Crippen molar-refractivity contribution in [3.8, 4) is 5.88 Å². The Morgan fingerprint density at radius 2 is 2.00 bits per heavy atom. The summed E-state index contributed by atoms with van der Waals surface area (Å²) >= 11 is 0. The largest absolute Gasteiger partial charge is 0.474 e. The third-order valence-corrected chi connectivity index (χ3v) is 2.81. The molecule has 1 aromatic heterocycles. The minimum atomic E-state index is -0.866. The number of aromatic nitrogens is 1. The van der Waals surface area contributed by atoms with E-state index in [2.05, 4.69) is 4.98 Å². The number of nitrogens with one attached hydrogen (secondary N) is 1. The van der Waals surface area contributed by atoms with E-state index in [0.29, 0.717) is 6.07 Å². The van der Waals surface area contributed by atoms with Crippen molar-refractivity contribution in [3.05, 3.63) is 17.7 Å². The second-order valence-corrected chi connectivity index (χ2v) is 4.75. The standard InChI is InChI=1S/C11H18F2N4O/c1-11(2,17(3)4)6-18-10-8(13)5-7(12)9(15-10)16-14/h5H,6,14H2,1-4H3,(H,15,16). The zero-order valence-electron chi connectivity index (χ0n) is 10.9. The number of nitrogen functional groups attached to an aromatic ring is 1. The van der Waals surface area contributed by atoms with Gasteiger partial charge in [0.1, 0.15) is 6.61 Å². The SMILES string of the molecule is CN(C)C(C)(C)COc1nc(NN)c(F)cc1F. The molecule has 0 spiro atoms. The first-order valence-electron chi connectivity index (χ1n) is 5.41. The third kappa shape index (κ3) is 3.27. The number of pyridine rings is 1. The number of nitrogens with two attached hydrogens (primary N) is 1. The molecular formula is C11H18F2N4O. The molecule has 1 rings (SSSR count). The van der Waals surface area contributed by atoms with Gasteiger partial charge in [-0.05, 0) is 27.9 Å². The fourth-order valence-corrected chi connectivity index (χ4v) is 1.03. The topological polar surface area (TPSA) is 63.4 Å². The van der Waals surface area contributed by atoms with Crippen LogP contribution in [0.15, 0.2) is 6.07 Å². The molecule has 3 N–H and O–H groups in total. The number of hydrogen-bond acceptors (Lipinski definition) is 5. The Hall–Kier alpha value is -1.47. The molecule has 7 heteroatoms. The van der Waals surface area contributed by atoms with E-state index >= 15 is 0 Å². The first-order chi connectivity index (χ1) is 8.27. The zero-order chi connectivity index (χ0) is 13.9. The Morgan fingerprint density at radius 1 is 1.39 bits per heavy atom. The Morgan fingerprint density at radius 3 is 2.50 bits per heavy atom. The van der Waals surface area contributed by atoms with Crippen LogP contribution in [-0.2, 0) is 0 Å². The predicted molar refractivity (Wildman–Crippen MR) is 65.2 cm³/mol. The molecule has 0 amide bonds. The molecule has 1 heterocycles. The maximum Gasteiger partial charge on any atom is 0.252 e. The van der Waals surface area contributed by atoms with Gasteiger partial charge in [0.05, 0.1) is 0 Å². The van der Waals surface area contributed by atoms with Crippen LogP contribution in [0.25, 0.3) is 0 Å². The summed E-state index contributed by atoms with van der Waals surface area (Å²) in [5.41, 5.74) is 1.73. The van der Waals surface area contributed by atoms with E-state index in [9.17, 15) is 8.78 Å². The van der Waals surface area contributed by atoms with Crippen LogP contribution in [0.3, 0.4) is 0 Å². The maximum absolute atomic E-state index is 13.4. The highest BCUT2D eigenvalue weighted by molar-refractivity contribution is 5.38. The monoisotopic (exact) mass is 260 g/mol. The average molecular weight is 260 g/mol. The Kier molecular flexibility index (Phi) is 4.42.